The molecule has 2 atom stereocenters. The fraction of sp³-hybridized carbons (Fsp3) is 0.579. The molecule has 0 aromatic heterocycles. The average Bonchev–Trinajstić information content (AvgIpc) is 2.98. The number of carbonyl (C=O) groups is 2. The standard InChI is InChI=1S/C19H25FN2O3/c1-19(2,3)25-18(24)22-11-14-7-5-4-6-13(14)10-16(22)17(23)21-9-8-15(20)12-21/h4-7,15-16H,8-12H2,1-3H3/t15-,16+/m1/s1. The Balaban J connectivity index is 1.86. The summed E-state index contributed by atoms with van der Waals surface area (Å²) < 4.78 is 19.0. The van der Waals surface area contributed by atoms with Gasteiger partial charge in [-0.05, 0) is 38.3 Å². The molecule has 0 unspecified atom stereocenters. The quantitative estimate of drug-likeness (QED) is 0.784. The number of hydrogen-bond donors (Lipinski definition) is 0. The monoisotopic (exact) mass is 348 g/mol. The van der Waals surface area contributed by atoms with Gasteiger partial charge in [0.2, 0.25) is 5.91 Å². The third kappa shape index (κ3) is 3.94. The maximum absolute atomic E-state index is 13.5. The molecule has 0 radical (unpaired) electrons. The Labute approximate surface area is 147 Å². The van der Waals surface area contributed by atoms with Crippen molar-refractivity contribution in [1.29, 1.82) is 0 Å². The van der Waals surface area contributed by atoms with Crippen molar-refractivity contribution < 1.29 is 18.7 Å². The topological polar surface area (TPSA) is 49.9 Å². The van der Waals surface area contributed by atoms with Gasteiger partial charge < -0.3 is 9.64 Å². The molecule has 0 bridgehead atoms. The maximum Gasteiger partial charge on any atom is 0.411 e. The first-order valence-electron chi connectivity index (χ1n) is 8.74. The molecular formula is C19H25FN2O3. The fourth-order valence-electron chi connectivity index (χ4n) is 3.38. The van der Waals surface area contributed by atoms with Gasteiger partial charge in [0.25, 0.3) is 0 Å². The minimum absolute atomic E-state index is 0.110. The third-order valence-corrected chi connectivity index (χ3v) is 4.60. The van der Waals surface area contributed by atoms with E-state index in [1.807, 2.05) is 24.3 Å². The molecule has 6 heteroatoms. The highest BCUT2D eigenvalue weighted by molar-refractivity contribution is 5.87. The molecule has 5 nitrogen and oxygen atoms in total. The maximum atomic E-state index is 13.5. The van der Waals surface area contributed by atoms with Crippen molar-refractivity contribution in [2.24, 2.45) is 0 Å². The summed E-state index contributed by atoms with van der Waals surface area (Å²) in [6.45, 7) is 6.24. The van der Waals surface area contributed by atoms with Crippen molar-refractivity contribution in [3.63, 3.8) is 0 Å². The molecular weight excluding hydrogens is 323 g/mol. The Morgan fingerprint density at radius 1 is 1.20 bits per heavy atom. The van der Waals surface area contributed by atoms with Crippen molar-refractivity contribution in [1.82, 2.24) is 9.80 Å². The average molecular weight is 348 g/mol. The van der Waals surface area contributed by atoms with Crippen LogP contribution in [0.1, 0.15) is 38.3 Å². The number of carbonyl (C=O) groups excluding carboxylic acids is 2. The van der Waals surface area contributed by atoms with Gasteiger partial charge in [-0.25, -0.2) is 9.18 Å². The molecule has 0 aliphatic carbocycles. The van der Waals surface area contributed by atoms with Crippen molar-refractivity contribution in [3.8, 4) is 0 Å². The molecule has 1 aromatic rings. The molecule has 2 aliphatic heterocycles. The highest BCUT2D eigenvalue weighted by atomic mass is 19.1. The number of amides is 2. The van der Waals surface area contributed by atoms with E-state index >= 15 is 0 Å². The number of likely N-dealkylation sites (tertiary alicyclic amines) is 1. The zero-order valence-electron chi connectivity index (χ0n) is 15.0. The Morgan fingerprint density at radius 2 is 1.88 bits per heavy atom. The predicted molar refractivity (Wildman–Crippen MR) is 91.8 cm³/mol. The van der Waals surface area contributed by atoms with Crippen LogP contribution in [0.15, 0.2) is 24.3 Å². The molecule has 2 heterocycles. The summed E-state index contributed by atoms with van der Waals surface area (Å²) in [6.07, 6.45) is -0.686. The number of benzene rings is 1. The number of rotatable bonds is 1. The summed E-state index contributed by atoms with van der Waals surface area (Å²) in [7, 11) is 0. The smallest absolute Gasteiger partial charge is 0.411 e. The first kappa shape index (κ1) is 17.7. The Morgan fingerprint density at radius 3 is 2.48 bits per heavy atom. The Kier molecular flexibility index (Phi) is 4.71. The Bertz CT molecular complexity index is 671. The number of ether oxygens (including phenoxy) is 1. The van der Waals surface area contributed by atoms with Crippen molar-refractivity contribution in [3.05, 3.63) is 35.4 Å². The molecule has 1 fully saturated rings. The number of alkyl halides is 1. The largest absolute Gasteiger partial charge is 0.444 e. The van der Waals surface area contributed by atoms with E-state index in [1.54, 1.807) is 20.8 Å². The van der Waals surface area contributed by atoms with Gasteiger partial charge in [0.1, 0.15) is 17.8 Å². The lowest BCUT2D eigenvalue weighted by atomic mass is 9.93. The van der Waals surface area contributed by atoms with Crippen LogP contribution in [0.4, 0.5) is 9.18 Å². The van der Waals surface area contributed by atoms with Gasteiger partial charge in [-0.3, -0.25) is 9.69 Å². The van der Waals surface area contributed by atoms with E-state index in [0.717, 1.165) is 11.1 Å². The van der Waals surface area contributed by atoms with Gasteiger partial charge in [0, 0.05) is 13.0 Å². The van der Waals surface area contributed by atoms with Gasteiger partial charge in [-0.15, -0.1) is 0 Å². The summed E-state index contributed by atoms with van der Waals surface area (Å²) in [5.41, 5.74) is 1.43. The third-order valence-electron chi connectivity index (χ3n) is 4.60. The van der Waals surface area contributed by atoms with Crippen LogP contribution in [0.5, 0.6) is 0 Å². The molecule has 2 aliphatic rings. The number of fused-ring (bicyclic) bond motifs is 1. The predicted octanol–water partition coefficient (Wildman–Crippen LogP) is 2.92. The number of hydrogen-bond acceptors (Lipinski definition) is 3. The number of halogens is 1. The van der Waals surface area contributed by atoms with E-state index in [1.165, 1.54) is 9.80 Å². The summed E-state index contributed by atoms with van der Waals surface area (Å²) in [6, 6.07) is 7.14. The van der Waals surface area contributed by atoms with E-state index in [0.29, 0.717) is 25.9 Å². The molecule has 136 valence electrons. The molecule has 25 heavy (non-hydrogen) atoms. The van der Waals surface area contributed by atoms with E-state index < -0.39 is 23.9 Å². The molecule has 0 spiro atoms. The zero-order valence-corrected chi connectivity index (χ0v) is 15.0. The normalized spacial score (nSPS) is 23.4. The zero-order chi connectivity index (χ0) is 18.2. The first-order chi connectivity index (χ1) is 11.7. The van der Waals surface area contributed by atoms with Crippen LogP contribution in [0.2, 0.25) is 0 Å². The Hall–Kier alpha value is -2.11. The highest BCUT2D eigenvalue weighted by Gasteiger charge is 2.40. The van der Waals surface area contributed by atoms with Crippen LogP contribution in [0, 0.1) is 0 Å². The second kappa shape index (κ2) is 6.65. The molecule has 0 N–H and O–H groups in total. The van der Waals surface area contributed by atoms with Gasteiger partial charge in [-0.2, -0.15) is 0 Å². The van der Waals surface area contributed by atoms with Crippen molar-refractivity contribution in [2.45, 2.75) is 58.0 Å². The summed E-state index contributed by atoms with van der Waals surface area (Å²) in [4.78, 5) is 28.6. The van der Waals surface area contributed by atoms with Gasteiger partial charge in [0.15, 0.2) is 0 Å². The fourth-order valence-corrected chi connectivity index (χ4v) is 3.38. The van der Waals surface area contributed by atoms with E-state index in [9.17, 15) is 14.0 Å². The van der Waals surface area contributed by atoms with Crippen LogP contribution in [-0.4, -0.2) is 52.7 Å². The van der Waals surface area contributed by atoms with Crippen LogP contribution in [0.3, 0.4) is 0 Å². The van der Waals surface area contributed by atoms with E-state index in [4.69, 9.17) is 4.74 Å². The SMILES string of the molecule is CC(C)(C)OC(=O)N1Cc2ccccc2C[C@H]1C(=O)N1CC[C@@H](F)C1. The van der Waals surface area contributed by atoms with Crippen LogP contribution in [0.25, 0.3) is 0 Å². The van der Waals surface area contributed by atoms with Crippen LogP contribution >= 0.6 is 0 Å². The van der Waals surface area contributed by atoms with Gasteiger partial charge in [0.05, 0.1) is 13.1 Å². The second-order valence-electron chi connectivity index (χ2n) is 7.77. The van der Waals surface area contributed by atoms with E-state index in [-0.39, 0.29) is 12.5 Å². The summed E-state index contributed by atoms with van der Waals surface area (Å²) in [5, 5.41) is 0. The van der Waals surface area contributed by atoms with Gasteiger partial charge in [-0.1, -0.05) is 24.3 Å². The molecule has 2 amide bonds. The number of nitrogens with zero attached hydrogens (tertiary/aromatic N) is 2. The van der Waals surface area contributed by atoms with Crippen molar-refractivity contribution >= 4 is 12.0 Å². The highest BCUT2D eigenvalue weighted by Crippen LogP contribution is 2.27. The van der Waals surface area contributed by atoms with Crippen molar-refractivity contribution in [2.75, 3.05) is 13.1 Å². The lowest BCUT2D eigenvalue weighted by Gasteiger charge is -2.38. The molecule has 1 saturated heterocycles. The van der Waals surface area contributed by atoms with Crippen LogP contribution in [-0.2, 0) is 22.5 Å². The molecule has 1 aromatic carbocycles. The minimum atomic E-state index is -0.977. The van der Waals surface area contributed by atoms with Crippen LogP contribution < -0.4 is 0 Å². The molecule has 3 rings (SSSR count). The lowest BCUT2D eigenvalue weighted by molar-refractivity contribution is -0.136. The second-order valence-corrected chi connectivity index (χ2v) is 7.77. The van der Waals surface area contributed by atoms with Gasteiger partial charge >= 0.3 is 6.09 Å². The lowest BCUT2D eigenvalue weighted by Crippen LogP contribution is -2.54. The van der Waals surface area contributed by atoms with E-state index in [2.05, 4.69) is 0 Å². The summed E-state index contributed by atoms with van der Waals surface area (Å²) in [5.74, 6) is -0.194. The molecule has 0 saturated carbocycles. The first-order valence-corrected chi connectivity index (χ1v) is 8.74. The minimum Gasteiger partial charge on any atom is -0.444 e. The summed E-state index contributed by atoms with van der Waals surface area (Å²) >= 11 is 0.